The van der Waals surface area contributed by atoms with Crippen LogP contribution >= 0.6 is 0 Å². The van der Waals surface area contributed by atoms with Crippen LogP contribution in [0.2, 0.25) is 0 Å². The lowest BCUT2D eigenvalue weighted by Crippen LogP contribution is -2.49. The normalized spacial score (nSPS) is 17.6. The molecule has 25 heavy (non-hydrogen) atoms. The van der Waals surface area contributed by atoms with Crippen LogP contribution in [-0.4, -0.2) is 65.5 Å². The van der Waals surface area contributed by atoms with Crippen molar-refractivity contribution in [1.82, 2.24) is 14.8 Å². The number of likely N-dealkylation sites (N-methyl/N-ethyl adjacent to an activating group) is 1. The topological polar surface area (TPSA) is 74.5 Å². The molecular formula is C18H25N5O2. The minimum atomic E-state index is -0.365. The highest BCUT2D eigenvalue weighted by Gasteiger charge is 2.19. The average Bonchev–Trinajstić information content (AvgIpc) is 2.59. The summed E-state index contributed by atoms with van der Waals surface area (Å²) >= 11 is 0. The number of hydrogen-bond donors (Lipinski definition) is 1. The predicted molar refractivity (Wildman–Crippen MR) is 100 cm³/mol. The van der Waals surface area contributed by atoms with E-state index in [0.717, 1.165) is 55.0 Å². The van der Waals surface area contributed by atoms with Gasteiger partial charge in [-0.25, -0.2) is 0 Å². The highest BCUT2D eigenvalue weighted by Crippen LogP contribution is 2.27. The number of nitrogens with zero attached hydrogens (tertiary/aromatic N) is 4. The first-order chi connectivity index (χ1) is 11.9. The van der Waals surface area contributed by atoms with Crippen molar-refractivity contribution in [3.05, 3.63) is 40.1 Å². The van der Waals surface area contributed by atoms with Crippen molar-refractivity contribution in [3.8, 4) is 0 Å². The van der Waals surface area contributed by atoms with Crippen molar-refractivity contribution in [2.24, 2.45) is 0 Å². The van der Waals surface area contributed by atoms with Gasteiger partial charge in [0.1, 0.15) is 0 Å². The molecule has 2 aromatic rings. The number of non-ortho nitro benzene ring substituents is 1. The van der Waals surface area contributed by atoms with Gasteiger partial charge in [-0.1, -0.05) is 0 Å². The van der Waals surface area contributed by atoms with Crippen LogP contribution in [0.15, 0.2) is 24.3 Å². The van der Waals surface area contributed by atoms with E-state index in [-0.39, 0.29) is 10.6 Å². The molecule has 0 saturated carbocycles. The molecule has 7 heteroatoms. The van der Waals surface area contributed by atoms with Gasteiger partial charge in [-0.05, 0) is 33.0 Å². The van der Waals surface area contributed by atoms with Crippen LogP contribution in [0, 0.1) is 17.0 Å². The van der Waals surface area contributed by atoms with E-state index < -0.39 is 0 Å². The summed E-state index contributed by atoms with van der Waals surface area (Å²) in [5.74, 6) is 0. The van der Waals surface area contributed by atoms with Crippen molar-refractivity contribution in [3.63, 3.8) is 0 Å². The standard InChI is InChI=1S/C18H25N5O2/c1-13-10-18(16-11-15(23(24)25)4-5-17(16)20-13)19-12-14(2)22-8-6-21(3)7-9-22/h4-5,10-11,14H,6-9,12H2,1-3H3,(H,19,20)/t14-/m1/s1. The van der Waals surface area contributed by atoms with Crippen LogP contribution in [0.4, 0.5) is 11.4 Å². The Kier molecular flexibility index (Phi) is 5.15. The van der Waals surface area contributed by atoms with E-state index in [9.17, 15) is 10.1 Å². The number of nitro benzene ring substituents is 1. The Balaban J connectivity index is 1.78. The van der Waals surface area contributed by atoms with Crippen LogP contribution in [0.5, 0.6) is 0 Å². The molecule has 0 unspecified atom stereocenters. The van der Waals surface area contributed by atoms with Crippen molar-refractivity contribution < 1.29 is 4.92 Å². The summed E-state index contributed by atoms with van der Waals surface area (Å²) < 4.78 is 0. The van der Waals surface area contributed by atoms with Gasteiger partial charge < -0.3 is 10.2 Å². The Morgan fingerprint density at radius 2 is 2.00 bits per heavy atom. The smallest absolute Gasteiger partial charge is 0.270 e. The Hall–Kier alpha value is -2.25. The first-order valence-corrected chi connectivity index (χ1v) is 8.66. The van der Waals surface area contributed by atoms with Crippen LogP contribution in [0.25, 0.3) is 10.9 Å². The lowest BCUT2D eigenvalue weighted by molar-refractivity contribution is -0.384. The molecule has 2 heterocycles. The molecule has 3 rings (SSSR count). The van der Waals surface area contributed by atoms with Gasteiger partial charge in [-0.3, -0.25) is 20.0 Å². The lowest BCUT2D eigenvalue weighted by Gasteiger charge is -2.36. The third-order valence-corrected chi connectivity index (χ3v) is 4.88. The molecule has 1 N–H and O–H groups in total. The Bertz CT molecular complexity index is 771. The number of rotatable bonds is 5. The van der Waals surface area contributed by atoms with Gasteiger partial charge >= 0.3 is 0 Å². The summed E-state index contributed by atoms with van der Waals surface area (Å²) in [5, 5.41) is 15.4. The molecule has 1 aliphatic rings. The quantitative estimate of drug-likeness (QED) is 0.664. The molecule has 1 aromatic carbocycles. The maximum absolute atomic E-state index is 11.1. The fraction of sp³-hybridized carbons (Fsp3) is 0.500. The molecule has 7 nitrogen and oxygen atoms in total. The summed E-state index contributed by atoms with van der Waals surface area (Å²) in [6.45, 7) is 9.28. The molecule has 1 saturated heterocycles. The van der Waals surface area contributed by atoms with Crippen molar-refractivity contribution in [2.45, 2.75) is 19.9 Å². The molecule has 1 aromatic heterocycles. The molecule has 134 valence electrons. The summed E-state index contributed by atoms with van der Waals surface area (Å²) in [4.78, 5) is 20.0. The summed E-state index contributed by atoms with van der Waals surface area (Å²) in [7, 11) is 2.15. The van der Waals surface area contributed by atoms with Gasteiger partial charge in [0, 0.05) is 67.7 Å². The van der Waals surface area contributed by atoms with Gasteiger partial charge in [-0.2, -0.15) is 0 Å². The van der Waals surface area contributed by atoms with Crippen molar-refractivity contribution in [2.75, 3.05) is 45.1 Å². The number of benzene rings is 1. The second-order valence-electron chi connectivity index (χ2n) is 6.84. The van der Waals surface area contributed by atoms with Crippen molar-refractivity contribution in [1.29, 1.82) is 0 Å². The molecule has 0 spiro atoms. The van der Waals surface area contributed by atoms with Gasteiger partial charge in [0.25, 0.3) is 5.69 Å². The predicted octanol–water partition coefficient (Wildman–Crippen LogP) is 2.50. The first kappa shape index (κ1) is 17.6. The number of nitrogens with one attached hydrogen (secondary N) is 1. The van der Waals surface area contributed by atoms with E-state index in [0.29, 0.717) is 6.04 Å². The van der Waals surface area contributed by atoms with E-state index in [1.807, 2.05) is 13.0 Å². The Morgan fingerprint density at radius 3 is 2.68 bits per heavy atom. The number of nitro groups is 1. The highest BCUT2D eigenvalue weighted by atomic mass is 16.6. The fourth-order valence-corrected chi connectivity index (χ4v) is 3.26. The number of hydrogen-bond acceptors (Lipinski definition) is 6. The average molecular weight is 343 g/mol. The molecule has 1 atom stereocenters. The summed E-state index contributed by atoms with van der Waals surface area (Å²) in [6, 6.07) is 7.19. The monoisotopic (exact) mass is 343 g/mol. The zero-order chi connectivity index (χ0) is 18.0. The summed E-state index contributed by atoms with van der Waals surface area (Å²) in [5.41, 5.74) is 2.68. The Labute approximate surface area is 147 Å². The number of fused-ring (bicyclic) bond motifs is 1. The number of piperazine rings is 1. The minimum absolute atomic E-state index is 0.0910. The van der Waals surface area contributed by atoms with Gasteiger partial charge in [0.15, 0.2) is 0 Å². The molecule has 0 radical (unpaired) electrons. The van der Waals surface area contributed by atoms with Crippen LogP contribution < -0.4 is 5.32 Å². The molecule has 0 bridgehead atoms. The molecule has 0 amide bonds. The van der Waals surface area contributed by atoms with E-state index in [1.54, 1.807) is 12.1 Å². The van der Waals surface area contributed by atoms with E-state index in [4.69, 9.17) is 0 Å². The van der Waals surface area contributed by atoms with E-state index in [1.165, 1.54) is 6.07 Å². The van der Waals surface area contributed by atoms with Gasteiger partial charge in [0.05, 0.1) is 10.4 Å². The van der Waals surface area contributed by atoms with Gasteiger partial charge in [0.2, 0.25) is 0 Å². The third-order valence-electron chi connectivity index (χ3n) is 4.88. The second-order valence-corrected chi connectivity index (χ2v) is 6.84. The fourth-order valence-electron chi connectivity index (χ4n) is 3.26. The van der Waals surface area contributed by atoms with Crippen molar-refractivity contribution >= 4 is 22.3 Å². The second kappa shape index (κ2) is 7.33. The maximum Gasteiger partial charge on any atom is 0.270 e. The SMILES string of the molecule is Cc1cc(NC[C@@H](C)N2CCN(C)CC2)c2cc([N+](=O)[O-])ccc2n1. The largest absolute Gasteiger partial charge is 0.383 e. The maximum atomic E-state index is 11.1. The number of aryl methyl sites for hydroxylation is 1. The molecule has 1 fully saturated rings. The van der Waals surface area contributed by atoms with Gasteiger partial charge in [-0.15, -0.1) is 0 Å². The lowest BCUT2D eigenvalue weighted by atomic mass is 10.1. The number of anilines is 1. The molecular weight excluding hydrogens is 318 g/mol. The molecule has 1 aliphatic heterocycles. The summed E-state index contributed by atoms with van der Waals surface area (Å²) in [6.07, 6.45) is 0. The molecule has 0 aliphatic carbocycles. The highest BCUT2D eigenvalue weighted by molar-refractivity contribution is 5.93. The van der Waals surface area contributed by atoms with Crippen LogP contribution in [0.1, 0.15) is 12.6 Å². The zero-order valence-electron chi connectivity index (χ0n) is 15.0. The van der Waals surface area contributed by atoms with E-state index in [2.05, 4.69) is 34.1 Å². The van der Waals surface area contributed by atoms with E-state index >= 15 is 0 Å². The number of aromatic nitrogens is 1. The third kappa shape index (κ3) is 4.05. The first-order valence-electron chi connectivity index (χ1n) is 8.66. The van der Waals surface area contributed by atoms with Crippen LogP contribution in [-0.2, 0) is 0 Å². The number of pyridine rings is 1. The minimum Gasteiger partial charge on any atom is -0.383 e. The van der Waals surface area contributed by atoms with Crippen LogP contribution in [0.3, 0.4) is 0 Å². The zero-order valence-corrected chi connectivity index (χ0v) is 15.0. The Morgan fingerprint density at radius 1 is 1.28 bits per heavy atom.